The number of amides is 1. The zero-order valence-corrected chi connectivity index (χ0v) is 19.0. The summed E-state index contributed by atoms with van der Waals surface area (Å²) in [5, 5.41) is 3.57. The number of ether oxygens (including phenoxy) is 1. The van der Waals surface area contributed by atoms with Crippen molar-refractivity contribution in [3.8, 4) is 5.75 Å². The Hall–Kier alpha value is -1.66. The molecule has 4 aliphatic carbocycles. The minimum atomic E-state index is -0.213. The quantitative estimate of drug-likeness (QED) is 0.618. The van der Waals surface area contributed by atoms with E-state index in [1.807, 2.05) is 0 Å². The molecule has 170 valence electrons. The molecule has 0 spiro atoms. The third-order valence-corrected chi connectivity index (χ3v) is 8.71. The van der Waals surface area contributed by atoms with E-state index in [0.29, 0.717) is 0 Å². The van der Waals surface area contributed by atoms with Crippen molar-refractivity contribution in [3.05, 3.63) is 29.6 Å². The lowest BCUT2D eigenvalue weighted by molar-refractivity contribution is -1.02. The smallest absolute Gasteiger partial charge is 0.278 e. The zero-order chi connectivity index (χ0) is 21.6. The molecule has 1 atom stereocenters. The van der Waals surface area contributed by atoms with Crippen LogP contribution in [0.2, 0.25) is 0 Å². The summed E-state index contributed by atoms with van der Waals surface area (Å²) < 4.78 is 19.1. The van der Waals surface area contributed by atoms with Gasteiger partial charge in [-0.2, -0.15) is 0 Å². The fraction of sp³-hybridized carbons (Fsp3) is 0.720. The Labute approximate surface area is 185 Å². The van der Waals surface area contributed by atoms with Crippen molar-refractivity contribution in [1.82, 2.24) is 5.32 Å². The molecule has 31 heavy (non-hydrogen) atoms. The molecular weight excluding hydrogens is 393 g/mol. The van der Waals surface area contributed by atoms with Crippen molar-refractivity contribution < 1.29 is 23.7 Å². The van der Waals surface area contributed by atoms with Gasteiger partial charge in [0, 0.05) is 5.54 Å². The predicted molar refractivity (Wildman–Crippen MR) is 117 cm³/mol. The molecule has 1 amide bonds. The molecule has 6 heteroatoms. The summed E-state index contributed by atoms with van der Waals surface area (Å²) in [7, 11) is 1.64. The third-order valence-electron chi connectivity index (χ3n) is 8.71. The molecule has 1 saturated heterocycles. The van der Waals surface area contributed by atoms with Gasteiger partial charge in [-0.05, 0) is 81.4 Å². The van der Waals surface area contributed by atoms with E-state index in [9.17, 15) is 9.18 Å². The van der Waals surface area contributed by atoms with Gasteiger partial charge in [-0.25, -0.2) is 4.39 Å². The van der Waals surface area contributed by atoms with Gasteiger partial charge in [-0.1, -0.05) is 0 Å². The fourth-order valence-corrected chi connectivity index (χ4v) is 7.51. The molecule has 5 nitrogen and oxygen atoms in total. The van der Waals surface area contributed by atoms with Crippen LogP contribution in [0.5, 0.6) is 5.75 Å². The number of benzene rings is 1. The summed E-state index contributed by atoms with van der Waals surface area (Å²) in [6, 6.07) is 4.75. The molecule has 1 aromatic carbocycles. The van der Waals surface area contributed by atoms with Crippen LogP contribution >= 0.6 is 0 Å². The Morgan fingerprint density at radius 3 is 2.32 bits per heavy atom. The first kappa shape index (κ1) is 21.2. The number of carbonyl (C=O) groups is 1. The maximum absolute atomic E-state index is 13.7. The van der Waals surface area contributed by atoms with Gasteiger partial charge < -0.3 is 19.9 Å². The molecule has 4 saturated carbocycles. The van der Waals surface area contributed by atoms with Crippen LogP contribution in [-0.2, 0) is 11.3 Å². The largest absolute Gasteiger partial charge is 0.496 e. The van der Waals surface area contributed by atoms with Gasteiger partial charge in [0.15, 0.2) is 6.04 Å². The van der Waals surface area contributed by atoms with Crippen LogP contribution in [-0.4, -0.2) is 50.8 Å². The van der Waals surface area contributed by atoms with E-state index >= 15 is 0 Å². The Kier molecular flexibility index (Phi) is 5.72. The van der Waals surface area contributed by atoms with E-state index in [2.05, 4.69) is 12.2 Å². The van der Waals surface area contributed by atoms with E-state index in [0.717, 1.165) is 61.8 Å². The van der Waals surface area contributed by atoms with Gasteiger partial charge in [0.05, 0.1) is 12.7 Å². The van der Waals surface area contributed by atoms with Gasteiger partial charge >= 0.3 is 0 Å². The second-order valence-corrected chi connectivity index (χ2v) is 11.0. The number of hydrogen-bond acceptors (Lipinski definition) is 2. The Morgan fingerprint density at radius 1 is 1.13 bits per heavy atom. The second kappa shape index (κ2) is 8.36. The van der Waals surface area contributed by atoms with Crippen molar-refractivity contribution >= 4 is 5.91 Å². The monoisotopic (exact) mass is 431 g/mol. The Balaban J connectivity index is 1.15. The lowest BCUT2D eigenvalue weighted by atomic mass is 9.53. The summed E-state index contributed by atoms with van der Waals surface area (Å²) in [6.45, 7) is 6.80. The first-order chi connectivity index (χ1) is 14.9. The van der Waals surface area contributed by atoms with E-state index in [-0.39, 0.29) is 23.3 Å². The highest BCUT2D eigenvalue weighted by atomic mass is 19.1. The van der Waals surface area contributed by atoms with Crippen LogP contribution in [0.15, 0.2) is 18.2 Å². The minimum absolute atomic E-state index is 0.00161. The number of carbonyl (C=O) groups excluding carboxylic acids is 1. The number of methoxy groups -OCH3 is 1. The van der Waals surface area contributed by atoms with Gasteiger partial charge in [-0.3, -0.25) is 4.79 Å². The number of quaternary nitrogens is 2. The second-order valence-electron chi connectivity index (χ2n) is 11.0. The van der Waals surface area contributed by atoms with Crippen molar-refractivity contribution in [3.63, 3.8) is 0 Å². The number of nitrogens with one attached hydrogen (secondary N) is 3. The molecule has 1 heterocycles. The number of halogens is 1. The van der Waals surface area contributed by atoms with E-state index < -0.39 is 0 Å². The number of rotatable bonds is 6. The molecular formula is C25H38FN3O2+2. The van der Waals surface area contributed by atoms with Crippen LogP contribution in [0, 0.1) is 23.6 Å². The molecule has 3 N–H and O–H groups in total. The summed E-state index contributed by atoms with van der Waals surface area (Å²) in [4.78, 5) is 16.0. The first-order valence-electron chi connectivity index (χ1n) is 12.3. The van der Waals surface area contributed by atoms with E-state index in [1.165, 1.54) is 54.4 Å². The first-order valence-corrected chi connectivity index (χ1v) is 12.3. The highest BCUT2D eigenvalue weighted by Crippen LogP contribution is 2.55. The van der Waals surface area contributed by atoms with Crippen LogP contribution in [0.25, 0.3) is 0 Å². The molecule has 0 radical (unpaired) electrons. The Morgan fingerprint density at radius 2 is 1.74 bits per heavy atom. The molecule has 6 rings (SSSR count). The van der Waals surface area contributed by atoms with Crippen LogP contribution < -0.4 is 19.9 Å². The maximum atomic E-state index is 13.7. The maximum Gasteiger partial charge on any atom is 0.278 e. The summed E-state index contributed by atoms with van der Waals surface area (Å²) in [5.41, 5.74) is 1.02. The molecule has 5 aliphatic rings. The van der Waals surface area contributed by atoms with Gasteiger partial charge in [0.2, 0.25) is 0 Å². The highest BCUT2D eigenvalue weighted by Gasteiger charge is 2.52. The third kappa shape index (κ3) is 4.34. The van der Waals surface area contributed by atoms with Crippen LogP contribution in [0.3, 0.4) is 0 Å². The summed E-state index contributed by atoms with van der Waals surface area (Å²) >= 11 is 0. The minimum Gasteiger partial charge on any atom is -0.496 e. The molecule has 1 aromatic rings. The molecule has 1 aliphatic heterocycles. The van der Waals surface area contributed by atoms with Crippen molar-refractivity contribution in [2.24, 2.45) is 17.8 Å². The molecule has 4 bridgehead atoms. The highest BCUT2D eigenvalue weighted by molar-refractivity contribution is 5.80. The van der Waals surface area contributed by atoms with Crippen molar-refractivity contribution in [1.29, 1.82) is 0 Å². The number of piperazine rings is 1. The van der Waals surface area contributed by atoms with Crippen molar-refractivity contribution in [2.75, 3.05) is 33.3 Å². The summed E-state index contributed by atoms with van der Waals surface area (Å²) in [6.07, 6.45) is 7.82. The van der Waals surface area contributed by atoms with E-state index in [1.54, 1.807) is 19.2 Å². The Bertz CT molecular complexity index is 786. The van der Waals surface area contributed by atoms with Gasteiger partial charge in [-0.15, -0.1) is 0 Å². The van der Waals surface area contributed by atoms with E-state index in [4.69, 9.17) is 4.74 Å². The number of hydrogen-bond donors (Lipinski definition) is 3. The molecule has 0 unspecified atom stereocenters. The average Bonchev–Trinajstić information content (AvgIpc) is 2.72. The van der Waals surface area contributed by atoms with Gasteiger partial charge in [0.1, 0.15) is 44.3 Å². The fourth-order valence-electron chi connectivity index (χ4n) is 7.51. The topological polar surface area (TPSA) is 47.2 Å². The molecule has 0 aromatic heterocycles. The SMILES string of the molecule is COc1ccc(F)cc1C[NH+]1CC[NH+]([C@@H](C)C(=O)NC23CC4CC(CC(C4)C2)C3)CC1. The van der Waals surface area contributed by atoms with Crippen LogP contribution in [0.4, 0.5) is 4.39 Å². The lowest BCUT2D eigenvalue weighted by Crippen LogP contribution is -3.29. The standard InChI is InChI=1S/C25H36FN3O2/c1-17(24(30)27-25-13-18-9-19(14-25)11-20(10-18)15-25)29-7-5-28(6-8-29)16-21-12-22(26)3-4-23(21)31-2/h3-4,12,17-20H,5-11,13-16H2,1-2H3,(H,27,30)/p+2/t17-,18?,19?,20?,25?/m0/s1. The normalized spacial score (nSPS) is 37.5. The van der Waals surface area contributed by atoms with Crippen LogP contribution in [0.1, 0.15) is 51.0 Å². The summed E-state index contributed by atoms with van der Waals surface area (Å²) in [5.74, 6) is 3.34. The van der Waals surface area contributed by atoms with Gasteiger partial charge in [0.25, 0.3) is 5.91 Å². The van der Waals surface area contributed by atoms with Crippen molar-refractivity contribution in [2.45, 2.75) is 63.6 Å². The zero-order valence-electron chi connectivity index (χ0n) is 19.0. The molecule has 5 fully saturated rings. The lowest BCUT2D eigenvalue weighted by Gasteiger charge is -2.57. The average molecular weight is 432 g/mol. The predicted octanol–water partition coefficient (Wildman–Crippen LogP) is 0.591.